The van der Waals surface area contributed by atoms with E-state index in [1.165, 1.54) is 18.2 Å². The fourth-order valence-corrected chi connectivity index (χ4v) is 3.46. The summed E-state index contributed by atoms with van der Waals surface area (Å²) in [6.07, 6.45) is 2.47. The summed E-state index contributed by atoms with van der Waals surface area (Å²) in [5.74, 6) is -1.17. The number of anilines is 1. The largest absolute Gasteiger partial charge is 0.478 e. The lowest BCUT2D eigenvalue weighted by Crippen LogP contribution is -2.32. The molecule has 2 rings (SSSR count). The van der Waals surface area contributed by atoms with Gasteiger partial charge in [0, 0.05) is 25.4 Å². The summed E-state index contributed by atoms with van der Waals surface area (Å²) in [4.78, 5) is 11.3. The third-order valence-corrected chi connectivity index (χ3v) is 5.04. The van der Waals surface area contributed by atoms with E-state index in [0.29, 0.717) is 18.8 Å². The molecule has 0 aromatic heterocycles. The zero-order chi connectivity index (χ0) is 16.9. The van der Waals surface area contributed by atoms with Gasteiger partial charge in [-0.25, -0.2) is 17.9 Å². The molecule has 1 atom stereocenters. The number of carboxylic acid groups (broad SMARTS) is 1. The van der Waals surface area contributed by atoms with Gasteiger partial charge in [0.2, 0.25) is 10.0 Å². The highest BCUT2D eigenvalue weighted by atomic mass is 32.2. The first-order valence-corrected chi connectivity index (χ1v) is 9.15. The van der Waals surface area contributed by atoms with E-state index in [1.54, 1.807) is 0 Å². The number of aromatic carboxylic acids is 1. The minimum absolute atomic E-state index is 0.0570. The van der Waals surface area contributed by atoms with Crippen LogP contribution < -0.4 is 10.0 Å². The maximum atomic E-state index is 12.3. The molecule has 0 aliphatic carbocycles. The Morgan fingerprint density at radius 3 is 2.83 bits per heavy atom. The second-order valence-electron chi connectivity index (χ2n) is 5.43. The highest BCUT2D eigenvalue weighted by molar-refractivity contribution is 7.89. The van der Waals surface area contributed by atoms with E-state index in [9.17, 15) is 18.3 Å². The van der Waals surface area contributed by atoms with E-state index in [4.69, 9.17) is 4.74 Å². The molecule has 1 saturated heterocycles. The second kappa shape index (κ2) is 7.76. The third-order valence-electron chi connectivity index (χ3n) is 3.62. The van der Waals surface area contributed by atoms with Gasteiger partial charge in [-0.05, 0) is 37.5 Å². The van der Waals surface area contributed by atoms with Crippen LogP contribution in [0.2, 0.25) is 0 Å². The SMILES string of the molecule is CCCNc1ccc(S(=O)(=O)NCC2CCCO2)cc1C(=O)O. The van der Waals surface area contributed by atoms with E-state index in [1.807, 2.05) is 6.92 Å². The van der Waals surface area contributed by atoms with Crippen LogP contribution in [0.4, 0.5) is 5.69 Å². The molecule has 7 nitrogen and oxygen atoms in total. The molecule has 0 saturated carbocycles. The molecule has 23 heavy (non-hydrogen) atoms. The molecule has 1 aliphatic rings. The number of carbonyl (C=O) groups is 1. The Morgan fingerprint density at radius 1 is 1.43 bits per heavy atom. The van der Waals surface area contributed by atoms with Gasteiger partial charge in [-0.3, -0.25) is 0 Å². The van der Waals surface area contributed by atoms with Crippen LogP contribution in [0.15, 0.2) is 23.1 Å². The van der Waals surface area contributed by atoms with E-state index < -0.39 is 16.0 Å². The lowest BCUT2D eigenvalue weighted by Gasteiger charge is -2.13. The lowest BCUT2D eigenvalue weighted by atomic mass is 10.2. The molecule has 0 radical (unpaired) electrons. The monoisotopic (exact) mass is 342 g/mol. The van der Waals surface area contributed by atoms with Gasteiger partial charge >= 0.3 is 5.97 Å². The fraction of sp³-hybridized carbons (Fsp3) is 0.533. The summed E-state index contributed by atoms with van der Waals surface area (Å²) in [5, 5.41) is 12.3. The van der Waals surface area contributed by atoms with E-state index in [0.717, 1.165) is 19.3 Å². The molecule has 0 bridgehead atoms. The van der Waals surface area contributed by atoms with Gasteiger partial charge in [-0.1, -0.05) is 6.92 Å². The minimum Gasteiger partial charge on any atom is -0.478 e. The quantitative estimate of drug-likeness (QED) is 0.664. The highest BCUT2D eigenvalue weighted by Crippen LogP contribution is 2.21. The van der Waals surface area contributed by atoms with Crippen LogP contribution in [0.25, 0.3) is 0 Å². The molecule has 128 valence electrons. The summed E-state index contributed by atoms with van der Waals surface area (Å²) in [7, 11) is -3.76. The molecule has 1 unspecified atom stereocenters. The Labute approximate surface area is 136 Å². The number of sulfonamides is 1. The molecular weight excluding hydrogens is 320 g/mol. The Balaban J connectivity index is 2.16. The number of nitrogens with one attached hydrogen (secondary N) is 2. The summed E-state index contributed by atoms with van der Waals surface area (Å²) in [6, 6.07) is 4.07. The first-order valence-electron chi connectivity index (χ1n) is 7.66. The Morgan fingerprint density at radius 2 is 2.22 bits per heavy atom. The number of hydrogen-bond acceptors (Lipinski definition) is 5. The van der Waals surface area contributed by atoms with Gasteiger partial charge in [0.05, 0.1) is 16.6 Å². The molecule has 0 spiro atoms. The fourth-order valence-electron chi connectivity index (χ4n) is 2.37. The van der Waals surface area contributed by atoms with E-state index in [2.05, 4.69) is 10.0 Å². The molecule has 1 aromatic rings. The number of rotatable bonds is 8. The number of benzene rings is 1. The van der Waals surface area contributed by atoms with Crippen molar-refractivity contribution in [2.75, 3.05) is 25.0 Å². The number of hydrogen-bond donors (Lipinski definition) is 3. The molecule has 1 aromatic carbocycles. The van der Waals surface area contributed by atoms with Gasteiger partial charge < -0.3 is 15.2 Å². The van der Waals surface area contributed by atoms with Crippen LogP contribution >= 0.6 is 0 Å². The van der Waals surface area contributed by atoms with Crippen molar-refractivity contribution < 1.29 is 23.1 Å². The van der Waals surface area contributed by atoms with Crippen molar-refractivity contribution in [3.63, 3.8) is 0 Å². The second-order valence-corrected chi connectivity index (χ2v) is 7.19. The van der Waals surface area contributed by atoms with Crippen molar-refractivity contribution >= 4 is 21.7 Å². The molecule has 1 fully saturated rings. The molecular formula is C15H22N2O5S. The zero-order valence-electron chi connectivity index (χ0n) is 13.0. The van der Waals surface area contributed by atoms with Gasteiger partial charge in [0.15, 0.2) is 0 Å². The maximum absolute atomic E-state index is 12.3. The number of carboxylic acids is 1. The lowest BCUT2D eigenvalue weighted by molar-refractivity contribution is 0.0697. The van der Waals surface area contributed by atoms with Crippen LogP contribution in [0, 0.1) is 0 Å². The molecule has 8 heteroatoms. The smallest absolute Gasteiger partial charge is 0.337 e. The first-order chi connectivity index (χ1) is 10.9. The Bertz CT molecular complexity index is 654. The third kappa shape index (κ3) is 4.66. The van der Waals surface area contributed by atoms with Crippen LogP contribution in [-0.4, -0.2) is 45.3 Å². The predicted octanol–water partition coefficient (Wildman–Crippen LogP) is 1.66. The summed E-state index contributed by atoms with van der Waals surface area (Å²) in [6.45, 7) is 3.42. The van der Waals surface area contributed by atoms with Crippen LogP contribution in [0.5, 0.6) is 0 Å². The summed E-state index contributed by atoms with van der Waals surface area (Å²) < 4.78 is 32.5. The molecule has 3 N–H and O–H groups in total. The molecule has 1 heterocycles. The average Bonchev–Trinajstić information content (AvgIpc) is 3.04. The average molecular weight is 342 g/mol. The van der Waals surface area contributed by atoms with Crippen molar-refractivity contribution in [3.05, 3.63) is 23.8 Å². The van der Waals surface area contributed by atoms with Crippen LogP contribution in [0.3, 0.4) is 0 Å². The summed E-state index contributed by atoms with van der Waals surface area (Å²) in [5.41, 5.74) is 0.357. The van der Waals surface area contributed by atoms with Gasteiger partial charge in [-0.2, -0.15) is 0 Å². The topological polar surface area (TPSA) is 105 Å². The van der Waals surface area contributed by atoms with Crippen LogP contribution in [0.1, 0.15) is 36.5 Å². The van der Waals surface area contributed by atoms with Crippen molar-refractivity contribution in [3.8, 4) is 0 Å². The first kappa shape index (κ1) is 17.7. The molecule has 1 aliphatic heterocycles. The summed E-state index contributed by atoms with van der Waals surface area (Å²) >= 11 is 0. The minimum atomic E-state index is -3.76. The van der Waals surface area contributed by atoms with E-state index in [-0.39, 0.29) is 23.1 Å². The van der Waals surface area contributed by atoms with Crippen molar-refractivity contribution in [1.29, 1.82) is 0 Å². The van der Waals surface area contributed by atoms with Crippen LogP contribution in [-0.2, 0) is 14.8 Å². The molecule has 0 amide bonds. The standard InChI is InChI=1S/C15H22N2O5S/c1-2-7-16-14-6-5-12(9-13(14)15(18)19)23(20,21)17-10-11-4-3-8-22-11/h5-6,9,11,16-17H,2-4,7-8,10H2,1H3,(H,18,19). The highest BCUT2D eigenvalue weighted by Gasteiger charge is 2.22. The Kier molecular flexibility index (Phi) is 5.97. The van der Waals surface area contributed by atoms with Gasteiger partial charge in [0.1, 0.15) is 0 Å². The Hall–Kier alpha value is -1.64. The normalized spacial score (nSPS) is 18.0. The van der Waals surface area contributed by atoms with Gasteiger partial charge in [-0.15, -0.1) is 0 Å². The van der Waals surface area contributed by atoms with Gasteiger partial charge in [0.25, 0.3) is 0 Å². The van der Waals surface area contributed by atoms with E-state index >= 15 is 0 Å². The van der Waals surface area contributed by atoms with Crippen molar-refractivity contribution in [2.24, 2.45) is 0 Å². The zero-order valence-corrected chi connectivity index (χ0v) is 13.9. The maximum Gasteiger partial charge on any atom is 0.337 e. The predicted molar refractivity (Wildman–Crippen MR) is 86.3 cm³/mol. The number of ether oxygens (including phenoxy) is 1. The van der Waals surface area contributed by atoms with Crippen molar-refractivity contribution in [1.82, 2.24) is 4.72 Å². The van der Waals surface area contributed by atoms with Crippen molar-refractivity contribution in [2.45, 2.75) is 37.2 Å².